The van der Waals surface area contributed by atoms with Gasteiger partial charge in [-0.05, 0) is 51.1 Å². The lowest BCUT2D eigenvalue weighted by Crippen LogP contribution is -2.24. The summed E-state index contributed by atoms with van der Waals surface area (Å²) in [4.78, 5) is 5.72. The van der Waals surface area contributed by atoms with Crippen molar-refractivity contribution in [3.8, 4) is 0 Å². The number of likely N-dealkylation sites (N-methyl/N-ethyl adjacent to an activating group) is 1. The number of halogens is 1. The fourth-order valence-electron chi connectivity index (χ4n) is 1.91. The van der Waals surface area contributed by atoms with Gasteiger partial charge in [0.05, 0.1) is 0 Å². The average Bonchev–Trinajstić information content (AvgIpc) is 2.90. The molecule has 1 aromatic carbocycles. The lowest BCUT2D eigenvalue weighted by molar-refractivity contribution is 0.375. The van der Waals surface area contributed by atoms with E-state index in [-0.39, 0.29) is 12.4 Å². The zero-order valence-corrected chi connectivity index (χ0v) is 15.2. The van der Waals surface area contributed by atoms with Gasteiger partial charge in [0.15, 0.2) is 5.82 Å². The summed E-state index contributed by atoms with van der Waals surface area (Å²) in [5, 5.41) is 7.19. The summed E-state index contributed by atoms with van der Waals surface area (Å²) in [6, 6.07) is 6.93. The van der Waals surface area contributed by atoms with Crippen LogP contribution in [0.2, 0.25) is 0 Å². The minimum atomic E-state index is 0. The maximum Gasteiger partial charge on any atom is 0.227 e. The first kappa shape index (κ1) is 19.0. The number of thioether (sulfide) groups is 1. The Kier molecular flexibility index (Phi) is 7.93. The Bertz CT molecular complexity index is 589. The molecule has 4 nitrogen and oxygen atoms in total. The fourth-order valence-corrected chi connectivity index (χ4v) is 2.85. The lowest BCUT2D eigenvalue weighted by Gasteiger charge is -2.04. The smallest absolute Gasteiger partial charge is 0.227 e. The van der Waals surface area contributed by atoms with Gasteiger partial charge in [0, 0.05) is 29.5 Å². The predicted molar refractivity (Wildman–Crippen MR) is 94.1 cm³/mol. The SMILES string of the molecule is CNC(C)Cc1noc(CCSc2ccc(C)c(C)c2)n1.Cl. The molecular formula is C16H24ClN3OS. The molecule has 22 heavy (non-hydrogen) atoms. The van der Waals surface area contributed by atoms with Crippen LogP contribution in [0.3, 0.4) is 0 Å². The summed E-state index contributed by atoms with van der Waals surface area (Å²) < 4.78 is 5.29. The van der Waals surface area contributed by atoms with E-state index in [2.05, 4.69) is 54.4 Å². The van der Waals surface area contributed by atoms with Crippen molar-refractivity contribution in [1.82, 2.24) is 15.5 Å². The van der Waals surface area contributed by atoms with Crippen molar-refractivity contribution in [2.75, 3.05) is 12.8 Å². The lowest BCUT2D eigenvalue weighted by atomic mass is 10.1. The first-order chi connectivity index (χ1) is 10.1. The zero-order chi connectivity index (χ0) is 15.2. The van der Waals surface area contributed by atoms with Gasteiger partial charge in [0.1, 0.15) is 0 Å². The highest BCUT2D eigenvalue weighted by Gasteiger charge is 2.09. The van der Waals surface area contributed by atoms with E-state index in [9.17, 15) is 0 Å². The van der Waals surface area contributed by atoms with Gasteiger partial charge < -0.3 is 9.84 Å². The molecule has 2 rings (SSSR count). The van der Waals surface area contributed by atoms with Crippen LogP contribution < -0.4 is 5.32 Å². The Labute approximate surface area is 142 Å². The summed E-state index contributed by atoms with van der Waals surface area (Å²) in [5.74, 6) is 2.46. The van der Waals surface area contributed by atoms with Gasteiger partial charge >= 0.3 is 0 Å². The summed E-state index contributed by atoms with van der Waals surface area (Å²) in [5.41, 5.74) is 2.67. The van der Waals surface area contributed by atoms with Gasteiger partial charge in [-0.1, -0.05) is 11.2 Å². The van der Waals surface area contributed by atoms with Crippen LogP contribution in [0.5, 0.6) is 0 Å². The second-order valence-electron chi connectivity index (χ2n) is 5.34. The van der Waals surface area contributed by atoms with E-state index in [1.54, 1.807) is 0 Å². The third kappa shape index (κ3) is 5.63. The number of aryl methyl sites for hydroxylation is 3. The molecular weight excluding hydrogens is 318 g/mol. The number of benzene rings is 1. The van der Waals surface area contributed by atoms with Crippen LogP contribution in [0.4, 0.5) is 0 Å². The van der Waals surface area contributed by atoms with E-state index >= 15 is 0 Å². The van der Waals surface area contributed by atoms with E-state index in [0.29, 0.717) is 6.04 Å². The van der Waals surface area contributed by atoms with E-state index in [1.807, 2.05) is 18.8 Å². The molecule has 0 saturated heterocycles. The fraction of sp³-hybridized carbons (Fsp3) is 0.500. The molecule has 0 aliphatic carbocycles. The van der Waals surface area contributed by atoms with Crippen molar-refractivity contribution < 1.29 is 4.52 Å². The molecule has 0 amide bonds. The summed E-state index contributed by atoms with van der Waals surface area (Å²) in [6.07, 6.45) is 1.60. The van der Waals surface area contributed by atoms with Crippen molar-refractivity contribution in [1.29, 1.82) is 0 Å². The van der Waals surface area contributed by atoms with Crippen molar-refractivity contribution in [3.63, 3.8) is 0 Å². The molecule has 0 bridgehead atoms. The second-order valence-corrected chi connectivity index (χ2v) is 6.51. The topological polar surface area (TPSA) is 51.0 Å². The van der Waals surface area contributed by atoms with Crippen LogP contribution in [-0.2, 0) is 12.8 Å². The monoisotopic (exact) mass is 341 g/mol. The predicted octanol–water partition coefficient (Wildman–Crippen LogP) is 3.59. The molecule has 0 saturated carbocycles. The molecule has 2 aromatic rings. The van der Waals surface area contributed by atoms with Crippen LogP contribution in [0, 0.1) is 13.8 Å². The van der Waals surface area contributed by atoms with Crippen molar-refractivity contribution in [2.45, 2.75) is 44.6 Å². The molecule has 0 aliphatic heterocycles. The Morgan fingerprint density at radius 1 is 1.27 bits per heavy atom. The number of aromatic nitrogens is 2. The zero-order valence-electron chi connectivity index (χ0n) is 13.5. The van der Waals surface area contributed by atoms with Gasteiger partial charge in [0.2, 0.25) is 5.89 Å². The van der Waals surface area contributed by atoms with Gasteiger partial charge in [0.25, 0.3) is 0 Å². The molecule has 1 aromatic heterocycles. The molecule has 122 valence electrons. The Morgan fingerprint density at radius 2 is 2.05 bits per heavy atom. The first-order valence-corrected chi connectivity index (χ1v) is 8.26. The normalized spacial score (nSPS) is 12.0. The average molecular weight is 342 g/mol. The van der Waals surface area contributed by atoms with Crippen molar-refractivity contribution in [3.05, 3.63) is 41.0 Å². The molecule has 6 heteroatoms. The molecule has 1 heterocycles. The Morgan fingerprint density at radius 3 is 2.73 bits per heavy atom. The minimum Gasteiger partial charge on any atom is -0.339 e. The standard InChI is InChI=1S/C16H23N3OS.ClH/c1-11-5-6-14(9-12(11)2)21-8-7-16-18-15(19-20-16)10-13(3)17-4;/h5-6,9,13,17H,7-8,10H2,1-4H3;1H. The largest absolute Gasteiger partial charge is 0.339 e. The molecule has 1 atom stereocenters. The van der Waals surface area contributed by atoms with E-state index < -0.39 is 0 Å². The van der Waals surface area contributed by atoms with Crippen LogP contribution >= 0.6 is 24.2 Å². The number of hydrogen-bond acceptors (Lipinski definition) is 5. The van der Waals surface area contributed by atoms with Crippen LogP contribution in [-0.4, -0.2) is 29.0 Å². The maximum atomic E-state index is 5.29. The number of nitrogens with zero attached hydrogens (tertiary/aromatic N) is 2. The van der Waals surface area contributed by atoms with E-state index in [1.165, 1.54) is 16.0 Å². The summed E-state index contributed by atoms with van der Waals surface area (Å²) >= 11 is 1.83. The van der Waals surface area contributed by atoms with Crippen LogP contribution in [0.15, 0.2) is 27.6 Å². The van der Waals surface area contributed by atoms with Crippen LogP contribution in [0.25, 0.3) is 0 Å². The molecule has 0 aliphatic rings. The quantitative estimate of drug-likeness (QED) is 0.780. The summed E-state index contributed by atoms with van der Waals surface area (Å²) in [6.45, 7) is 6.38. The van der Waals surface area contributed by atoms with Gasteiger partial charge in [-0.2, -0.15) is 4.98 Å². The Hall–Kier alpha value is -1.04. The number of rotatable bonds is 7. The molecule has 1 N–H and O–H groups in total. The molecule has 0 spiro atoms. The van der Waals surface area contributed by atoms with Gasteiger partial charge in [-0.3, -0.25) is 0 Å². The number of hydrogen-bond donors (Lipinski definition) is 1. The minimum absolute atomic E-state index is 0. The van der Waals surface area contributed by atoms with Gasteiger partial charge in [-0.25, -0.2) is 0 Å². The van der Waals surface area contributed by atoms with E-state index in [4.69, 9.17) is 4.52 Å². The third-order valence-electron chi connectivity index (χ3n) is 3.55. The molecule has 1 unspecified atom stereocenters. The highest BCUT2D eigenvalue weighted by Crippen LogP contribution is 2.21. The second kappa shape index (κ2) is 9.18. The maximum absolute atomic E-state index is 5.29. The highest BCUT2D eigenvalue weighted by atomic mass is 35.5. The molecule has 0 fully saturated rings. The van der Waals surface area contributed by atoms with E-state index in [0.717, 1.165) is 30.3 Å². The Balaban J connectivity index is 0.00000242. The highest BCUT2D eigenvalue weighted by molar-refractivity contribution is 7.99. The molecule has 0 radical (unpaired) electrons. The van der Waals surface area contributed by atoms with Crippen molar-refractivity contribution >= 4 is 24.2 Å². The third-order valence-corrected chi connectivity index (χ3v) is 4.55. The first-order valence-electron chi connectivity index (χ1n) is 7.27. The van der Waals surface area contributed by atoms with Gasteiger partial charge in [-0.15, -0.1) is 24.2 Å². The van der Waals surface area contributed by atoms with Crippen LogP contribution in [0.1, 0.15) is 29.8 Å². The van der Waals surface area contributed by atoms with Crippen molar-refractivity contribution in [2.24, 2.45) is 0 Å². The number of nitrogens with one attached hydrogen (secondary N) is 1. The summed E-state index contributed by atoms with van der Waals surface area (Å²) in [7, 11) is 1.94.